The molecule has 1 aromatic heterocycles. The predicted molar refractivity (Wildman–Crippen MR) is 95.1 cm³/mol. The molecule has 1 aromatic rings. The molecule has 1 heterocycles. The zero-order valence-corrected chi connectivity index (χ0v) is 15.0. The van der Waals surface area contributed by atoms with Crippen LogP contribution in [0.4, 0.5) is 10.6 Å². The van der Waals surface area contributed by atoms with E-state index in [0.29, 0.717) is 24.5 Å². The van der Waals surface area contributed by atoms with Crippen LogP contribution < -0.4 is 21.9 Å². The first-order valence-corrected chi connectivity index (χ1v) is 7.49. The molecule has 2 amide bonds. The number of nitrogen functional groups attached to an aromatic ring is 1. The molecule has 0 aliphatic carbocycles. The number of nitrogens with two attached hydrogens (primary N) is 1. The molecule has 0 aromatic carbocycles. The van der Waals surface area contributed by atoms with Gasteiger partial charge >= 0.3 is 6.09 Å². The van der Waals surface area contributed by atoms with Crippen molar-refractivity contribution in [3.8, 4) is 0 Å². The second-order valence-corrected chi connectivity index (χ2v) is 5.97. The Morgan fingerprint density at radius 1 is 1.17 bits per heavy atom. The van der Waals surface area contributed by atoms with Crippen LogP contribution in [-0.4, -0.2) is 35.7 Å². The number of hydrogen-bond acceptors (Lipinski definition) is 6. The summed E-state index contributed by atoms with van der Waals surface area (Å²) in [6.45, 7) is 6.46. The average Bonchev–Trinajstić information content (AvgIpc) is 2.48. The van der Waals surface area contributed by atoms with Crippen LogP contribution in [0.3, 0.4) is 0 Å². The van der Waals surface area contributed by atoms with Crippen LogP contribution in [0.25, 0.3) is 0 Å². The molecule has 1 rings (SSSR count). The molecule has 8 nitrogen and oxygen atoms in total. The Balaban J connectivity index is 0.00000529. The van der Waals surface area contributed by atoms with Crippen LogP contribution in [0.1, 0.15) is 44.0 Å². The summed E-state index contributed by atoms with van der Waals surface area (Å²) in [4.78, 5) is 27.2. The topological polar surface area (TPSA) is 118 Å². The van der Waals surface area contributed by atoms with E-state index in [1.54, 1.807) is 12.1 Å². The van der Waals surface area contributed by atoms with Gasteiger partial charge in [0.05, 0.1) is 5.56 Å². The van der Waals surface area contributed by atoms with Gasteiger partial charge in [-0.05, 0) is 45.7 Å². The van der Waals surface area contributed by atoms with Crippen molar-refractivity contribution in [1.29, 1.82) is 0 Å². The molecule has 0 saturated heterocycles. The standard InChI is InChI=1S/C15H25N5O3.ClH/c1-15(2,3)23-14(22)18-9-5-4-8-17-13(21)11-6-7-12(20-16)19-10-11;/h6-7,10H,4-5,8-9,16H2,1-3H3,(H,17,21)(H,18,22)(H,19,20);1H. The number of unbranched alkanes of at least 4 members (excludes halogenated alkanes) is 1. The molecular formula is C15H26ClN5O3. The Bertz CT molecular complexity index is 517. The van der Waals surface area contributed by atoms with Gasteiger partial charge in [0.1, 0.15) is 11.4 Å². The Morgan fingerprint density at radius 2 is 1.79 bits per heavy atom. The van der Waals surface area contributed by atoms with Crippen LogP contribution in [-0.2, 0) is 4.74 Å². The summed E-state index contributed by atoms with van der Waals surface area (Å²) in [5, 5.41) is 5.46. The van der Waals surface area contributed by atoms with Crippen LogP contribution in [0.2, 0.25) is 0 Å². The van der Waals surface area contributed by atoms with Gasteiger partial charge in [-0.25, -0.2) is 15.6 Å². The van der Waals surface area contributed by atoms with Crippen molar-refractivity contribution < 1.29 is 14.3 Å². The highest BCUT2D eigenvalue weighted by molar-refractivity contribution is 5.94. The number of ether oxygens (including phenoxy) is 1. The lowest BCUT2D eigenvalue weighted by Gasteiger charge is -2.19. The number of hydrazine groups is 1. The third kappa shape index (κ3) is 9.16. The van der Waals surface area contributed by atoms with Crippen LogP contribution >= 0.6 is 12.4 Å². The van der Waals surface area contributed by atoms with Crippen molar-refractivity contribution in [1.82, 2.24) is 15.6 Å². The molecule has 0 atom stereocenters. The SMILES string of the molecule is CC(C)(C)OC(=O)NCCCCNC(=O)c1ccc(NN)nc1.Cl. The fourth-order valence-corrected chi connectivity index (χ4v) is 1.67. The normalized spacial score (nSPS) is 10.3. The highest BCUT2D eigenvalue weighted by atomic mass is 35.5. The first kappa shape index (κ1) is 21.9. The van der Waals surface area contributed by atoms with Gasteiger partial charge in [0.15, 0.2) is 0 Å². The van der Waals surface area contributed by atoms with Crippen molar-refractivity contribution >= 4 is 30.2 Å². The number of nitrogens with zero attached hydrogens (tertiary/aromatic N) is 1. The summed E-state index contributed by atoms with van der Waals surface area (Å²) in [6, 6.07) is 3.27. The van der Waals surface area contributed by atoms with Crippen LogP contribution in [0.5, 0.6) is 0 Å². The molecule has 9 heteroatoms. The van der Waals surface area contributed by atoms with E-state index in [1.165, 1.54) is 6.20 Å². The zero-order chi connectivity index (χ0) is 17.3. The lowest BCUT2D eigenvalue weighted by Crippen LogP contribution is -2.33. The van der Waals surface area contributed by atoms with Crippen LogP contribution in [0.15, 0.2) is 18.3 Å². The molecule has 0 spiro atoms. The van der Waals surface area contributed by atoms with Gasteiger partial charge < -0.3 is 20.8 Å². The molecule has 0 aliphatic rings. The molecule has 24 heavy (non-hydrogen) atoms. The highest BCUT2D eigenvalue weighted by Gasteiger charge is 2.15. The van der Waals surface area contributed by atoms with Gasteiger partial charge in [-0.3, -0.25) is 4.79 Å². The molecule has 136 valence electrons. The van der Waals surface area contributed by atoms with Gasteiger partial charge in [0.2, 0.25) is 0 Å². The van der Waals surface area contributed by atoms with E-state index < -0.39 is 11.7 Å². The number of anilines is 1. The van der Waals surface area contributed by atoms with E-state index in [4.69, 9.17) is 10.6 Å². The molecule has 0 bridgehead atoms. The lowest BCUT2D eigenvalue weighted by molar-refractivity contribution is 0.0526. The van der Waals surface area contributed by atoms with Crippen molar-refractivity contribution in [2.45, 2.75) is 39.2 Å². The number of hydrogen-bond donors (Lipinski definition) is 4. The number of rotatable bonds is 7. The molecule has 0 unspecified atom stereocenters. The van der Waals surface area contributed by atoms with Gasteiger partial charge in [0.25, 0.3) is 5.91 Å². The minimum absolute atomic E-state index is 0. The minimum atomic E-state index is -0.499. The van der Waals surface area contributed by atoms with E-state index in [9.17, 15) is 9.59 Å². The van der Waals surface area contributed by atoms with Crippen molar-refractivity contribution in [2.75, 3.05) is 18.5 Å². The van der Waals surface area contributed by atoms with Gasteiger partial charge in [0, 0.05) is 19.3 Å². The van der Waals surface area contributed by atoms with Crippen molar-refractivity contribution in [3.05, 3.63) is 23.9 Å². The summed E-state index contributed by atoms with van der Waals surface area (Å²) >= 11 is 0. The van der Waals surface area contributed by atoms with Gasteiger partial charge in [-0.15, -0.1) is 12.4 Å². The average molecular weight is 360 g/mol. The summed E-state index contributed by atoms with van der Waals surface area (Å²) in [7, 11) is 0. The number of aromatic nitrogens is 1. The number of carbonyl (C=O) groups excluding carboxylic acids is 2. The maximum Gasteiger partial charge on any atom is 0.407 e. The van der Waals surface area contributed by atoms with Crippen molar-refractivity contribution in [3.63, 3.8) is 0 Å². The number of alkyl carbamates (subject to hydrolysis) is 1. The summed E-state index contributed by atoms with van der Waals surface area (Å²) in [6.07, 6.45) is 2.51. The number of pyridine rings is 1. The summed E-state index contributed by atoms with van der Waals surface area (Å²) in [5.74, 6) is 5.51. The fourth-order valence-electron chi connectivity index (χ4n) is 1.67. The highest BCUT2D eigenvalue weighted by Crippen LogP contribution is 2.06. The van der Waals surface area contributed by atoms with E-state index in [0.717, 1.165) is 12.8 Å². The largest absolute Gasteiger partial charge is 0.444 e. The molecular weight excluding hydrogens is 334 g/mol. The van der Waals surface area contributed by atoms with Crippen LogP contribution in [0, 0.1) is 0 Å². The number of carbonyl (C=O) groups is 2. The smallest absolute Gasteiger partial charge is 0.407 e. The van der Waals surface area contributed by atoms with E-state index in [-0.39, 0.29) is 18.3 Å². The zero-order valence-electron chi connectivity index (χ0n) is 14.2. The second kappa shape index (κ2) is 10.7. The van der Waals surface area contributed by atoms with Gasteiger partial charge in [-0.2, -0.15) is 0 Å². The Hall–Kier alpha value is -2.06. The molecule has 0 fully saturated rings. The third-order valence-electron chi connectivity index (χ3n) is 2.73. The maximum absolute atomic E-state index is 11.8. The molecule has 0 radical (unpaired) electrons. The molecule has 0 aliphatic heterocycles. The first-order valence-electron chi connectivity index (χ1n) is 7.49. The summed E-state index contributed by atoms with van der Waals surface area (Å²) < 4.78 is 5.12. The van der Waals surface area contributed by atoms with Crippen molar-refractivity contribution in [2.24, 2.45) is 5.84 Å². The van der Waals surface area contributed by atoms with E-state index in [1.807, 2.05) is 20.8 Å². The minimum Gasteiger partial charge on any atom is -0.444 e. The number of amides is 2. The number of halogens is 1. The molecule has 0 saturated carbocycles. The maximum atomic E-state index is 11.8. The quantitative estimate of drug-likeness (QED) is 0.335. The van der Waals surface area contributed by atoms with E-state index in [2.05, 4.69) is 21.0 Å². The lowest BCUT2D eigenvalue weighted by atomic mass is 10.2. The third-order valence-corrected chi connectivity index (χ3v) is 2.73. The first-order chi connectivity index (χ1) is 10.8. The van der Waals surface area contributed by atoms with E-state index >= 15 is 0 Å². The Morgan fingerprint density at radius 3 is 2.29 bits per heavy atom. The second-order valence-electron chi connectivity index (χ2n) is 5.97. The number of nitrogens with one attached hydrogen (secondary N) is 3. The summed E-state index contributed by atoms with van der Waals surface area (Å²) in [5.41, 5.74) is 2.36. The Labute approximate surface area is 148 Å². The predicted octanol–water partition coefficient (Wildman–Crippen LogP) is 1.82. The molecule has 5 N–H and O–H groups in total. The van der Waals surface area contributed by atoms with Gasteiger partial charge in [-0.1, -0.05) is 0 Å². The fraction of sp³-hybridized carbons (Fsp3) is 0.533. The Kier molecular flexibility index (Phi) is 9.75. The monoisotopic (exact) mass is 359 g/mol.